The number of carbonyl (C=O) groups excluding carboxylic acids is 1. The summed E-state index contributed by atoms with van der Waals surface area (Å²) in [5.74, 6) is 0.0237. The molecule has 0 unspecified atom stereocenters. The number of aromatic nitrogens is 4. The molecule has 0 radical (unpaired) electrons. The molecule has 7 nitrogen and oxygen atoms in total. The van der Waals surface area contributed by atoms with Crippen molar-refractivity contribution in [3.8, 4) is 0 Å². The van der Waals surface area contributed by atoms with Gasteiger partial charge in [-0.15, -0.1) is 0 Å². The van der Waals surface area contributed by atoms with Crippen LogP contribution in [0.5, 0.6) is 0 Å². The van der Waals surface area contributed by atoms with Gasteiger partial charge in [-0.25, -0.2) is 9.78 Å². The fourth-order valence-electron chi connectivity index (χ4n) is 1.87. The van der Waals surface area contributed by atoms with Crippen LogP contribution in [0.1, 0.15) is 28.7 Å². The zero-order valence-electron chi connectivity index (χ0n) is 11.8. The summed E-state index contributed by atoms with van der Waals surface area (Å²) in [4.78, 5) is 19.5. The highest BCUT2D eigenvalue weighted by atomic mass is 16.5. The van der Waals surface area contributed by atoms with E-state index >= 15 is 0 Å². The number of esters is 1. The second-order valence-corrected chi connectivity index (χ2v) is 4.26. The van der Waals surface area contributed by atoms with E-state index in [1.807, 2.05) is 13.2 Å². The van der Waals surface area contributed by atoms with Crippen LogP contribution in [0.4, 0.5) is 5.82 Å². The minimum absolute atomic E-state index is 0.180. The number of methoxy groups -OCH3 is 1. The van der Waals surface area contributed by atoms with Crippen molar-refractivity contribution in [3.05, 3.63) is 35.5 Å². The first-order valence-electron chi connectivity index (χ1n) is 6.29. The molecule has 0 aromatic carbocycles. The van der Waals surface area contributed by atoms with Crippen molar-refractivity contribution in [1.82, 2.24) is 19.7 Å². The van der Waals surface area contributed by atoms with Gasteiger partial charge in [0.15, 0.2) is 5.69 Å². The Morgan fingerprint density at radius 1 is 1.45 bits per heavy atom. The molecular formula is C13H17N5O2. The Balaban J connectivity index is 2.09. The minimum Gasteiger partial charge on any atom is -0.464 e. The fourth-order valence-corrected chi connectivity index (χ4v) is 1.87. The number of ether oxygens (including phenoxy) is 1. The van der Waals surface area contributed by atoms with E-state index in [1.165, 1.54) is 13.3 Å². The van der Waals surface area contributed by atoms with Crippen molar-refractivity contribution in [2.45, 2.75) is 19.9 Å². The lowest BCUT2D eigenvalue weighted by Crippen LogP contribution is -2.09. The topological polar surface area (TPSA) is 81.9 Å². The lowest BCUT2D eigenvalue weighted by Gasteiger charge is -2.06. The van der Waals surface area contributed by atoms with Crippen LogP contribution in [0.25, 0.3) is 0 Å². The van der Waals surface area contributed by atoms with Gasteiger partial charge >= 0.3 is 5.97 Å². The molecule has 2 aromatic rings. The van der Waals surface area contributed by atoms with Crippen molar-refractivity contribution >= 4 is 11.8 Å². The number of rotatable bonds is 5. The van der Waals surface area contributed by atoms with Crippen molar-refractivity contribution in [3.63, 3.8) is 0 Å². The Morgan fingerprint density at radius 2 is 2.25 bits per heavy atom. The van der Waals surface area contributed by atoms with Gasteiger partial charge in [0.25, 0.3) is 0 Å². The standard InChI is InChI=1S/C13H17N5O2/c1-4-10-9(8-18(2)17-10)5-15-12-7-14-6-11(16-12)13(19)20-3/h6-8H,4-5H2,1-3H3,(H,15,16). The first-order valence-corrected chi connectivity index (χ1v) is 6.29. The van der Waals surface area contributed by atoms with E-state index in [9.17, 15) is 4.79 Å². The van der Waals surface area contributed by atoms with E-state index in [-0.39, 0.29) is 5.69 Å². The third-order valence-corrected chi connectivity index (χ3v) is 2.82. The number of hydrogen-bond acceptors (Lipinski definition) is 6. The number of nitrogens with zero attached hydrogens (tertiary/aromatic N) is 4. The fraction of sp³-hybridized carbons (Fsp3) is 0.385. The molecule has 0 bridgehead atoms. The molecule has 2 heterocycles. The van der Waals surface area contributed by atoms with Gasteiger partial charge in [-0.05, 0) is 6.42 Å². The molecule has 20 heavy (non-hydrogen) atoms. The maximum atomic E-state index is 11.4. The molecule has 1 N–H and O–H groups in total. The van der Waals surface area contributed by atoms with Crippen molar-refractivity contribution in [2.24, 2.45) is 7.05 Å². The smallest absolute Gasteiger partial charge is 0.358 e. The molecule has 106 valence electrons. The van der Waals surface area contributed by atoms with Gasteiger partial charge in [-0.2, -0.15) is 5.10 Å². The summed E-state index contributed by atoms with van der Waals surface area (Å²) in [6.45, 7) is 2.64. The second kappa shape index (κ2) is 6.14. The van der Waals surface area contributed by atoms with Crippen LogP contribution in [0, 0.1) is 0 Å². The van der Waals surface area contributed by atoms with Gasteiger partial charge < -0.3 is 10.1 Å². The van der Waals surface area contributed by atoms with Gasteiger partial charge in [-0.3, -0.25) is 9.67 Å². The van der Waals surface area contributed by atoms with Gasteiger partial charge in [-0.1, -0.05) is 6.92 Å². The van der Waals surface area contributed by atoms with E-state index in [2.05, 4.69) is 32.0 Å². The highest BCUT2D eigenvalue weighted by molar-refractivity contribution is 5.87. The Hall–Kier alpha value is -2.44. The first kappa shape index (κ1) is 14.0. The molecule has 0 saturated carbocycles. The van der Waals surface area contributed by atoms with E-state index in [4.69, 9.17) is 0 Å². The minimum atomic E-state index is -0.503. The predicted octanol–water partition coefficient (Wildman–Crippen LogP) is 1.17. The Bertz CT molecular complexity index is 609. The summed E-state index contributed by atoms with van der Waals surface area (Å²) in [7, 11) is 3.20. The summed E-state index contributed by atoms with van der Waals surface area (Å²) in [6, 6.07) is 0. The number of nitrogens with one attached hydrogen (secondary N) is 1. The molecule has 2 aromatic heterocycles. The van der Waals surface area contributed by atoms with Gasteiger partial charge in [0.1, 0.15) is 5.82 Å². The number of aryl methyl sites for hydroxylation is 2. The van der Waals surface area contributed by atoms with Crippen LogP contribution in [0.2, 0.25) is 0 Å². The van der Waals surface area contributed by atoms with Crippen LogP contribution in [-0.4, -0.2) is 32.8 Å². The van der Waals surface area contributed by atoms with E-state index in [0.717, 1.165) is 17.7 Å². The number of carbonyl (C=O) groups is 1. The largest absolute Gasteiger partial charge is 0.464 e. The van der Waals surface area contributed by atoms with Gasteiger partial charge in [0.05, 0.1) is 25.2 Å². The third-order valence-electron chi connectivity index (χ3n) is 2.82. The average Bonchev–Trinajstić information content (AvgIpc) is 2.84. The van der Waals surface area contributed by atoms with E-state index in [1.54, 1.807) is 10.9 Å². The average molecular weight is 275 g/mol. The molecule has 7 heteroatoms. The molecule has 0 saturated heterocycles. The summed E-state index contributed by atoms with van der Waals surface area (Å²) in [6.07, 6.45) is 5.77. The van der Waals surface area contributed by atoms with E-state index < -0.39 is 5.97 Å². The summed E-state index contributed by atoms with van der Waals surface area (Å²) < 4.78 is 6.40. The summed E-state index contributed by atoms with van der Waals surface area (Å²) >= 11 is 0. The normalized spacial score (nSPS) is 10.3. The molecule has 0 atom stereocenters. The van der Waals surface area contributed by atoms with Crippen LogP contribution in [-0.2, 0) is 24.8 Å². The van der Waals surface area contributed by atoms with Crippen molar-refractivity contribution in [2.75, 3.05) is 12.4 Å². The molecule has 0 aliphatic carbocycles. The van der Waals surface area contributed by atoms with Crippen LogP contribution in [0.3, 0.4) is 0 Å². The molecule has 0 aliphatic heterocycles. The highest BCUT2D eigenvalue weighted by Crippen LogP contribution is 2.10. The lowest BCUT2D eigenvalue weighted by atomic mass is 10.2. The summed E-state index contributed by atoms with van der Waals surface area (Å²) in [5.41, 5.74) is 2.32. The van der Waals surface area contributed by atoms with Gasteiger partial charge in [0, 0.05) is 25.4 Å². The van der Waals surface area contributed by atoms with Gasteiger partial charge in [0.2, 0.25) is 0 Å². The first-order chi connectivity index (χ1) is 9.63. The Labute approximate surface area is 117 Å². The zero-order chi connectivity index (χ0) is 14.5. The molecule has 0 amide bonds. The molecular weight excluding hydrogens is 258 g/mol. The number of hydrogen-bond donors (Lipinski definition) is 1. The quantitative estimate of drug-likeness (QED) is 0.825. The Morgan fingerprint density at radius 3 is 2.95 bits per heavy atom. The maximum absolute atomic E-state index is 11.4. The zero-order valence-corrected chi connectivity index (χ0v) is 11.8. The third kappa shape index (κ3) is 3.11. The SMILES string of the molecule is CCc1nn(C)cc1CNc1cncc(C(=O)OC)n1. The van der Waals surface area contributed by atoms with Crippen LogP contribution in [0.15, 0.2) is 18.6 Å². The lowest BCUT2D eigenvalue weighted by molar-refractivity contribution is 0.0593. The molecule has 0 spiro atoms. The highest BCUT2D eigenvalue weighted by Gasteiger charge is 2.09. The van der Waals surface area contributed by atoms with Crippen molar-refractivity contribution in [1.29, 1.82) is 0 Å². The predicted molar refractivity (Wildman–Crippen MR) is 73.3 cm³/mol. The monoisotopic (exact) mass is 275 g/mol. The molecule has 0 aliphatic rings. The maximum Gasteiger partial charge on any atom is 0.358 e. The molecule has 0 fully saturated rings. The van der Waals surface area contributed by atoms with Crippen LogP contribution < -0.4 is 5.32 Å². The molecule has 2 rings (SSSR count). The van der Waals surface area contributed by atoms with E-state index in [0.29, 0.717) is 12.4 Å². The summed E-state index contributed by atoms with van der Waals surface area (Å²) in [5, 5.41) is 7.50. The second-order valence-electron chi connectivity index (χ2n) is 4.26. The Kier molecular flexibility index (Phi) is 4.29. The number of anilines is 1. The van der Waals surface area contributed by atoms with Crippen LogP contribution >= 0.6 is 0 Å². The van der Waals surface area contributed by atoms with Crippen molar-refractivity contribution < 1.29 is 9.53 Å².